The van der Waals surface area contributed by atoms with E-state index in [0.717, 1.165) is 0 Å². The number of carbonyl (C=O) groups excluding carboxylic acids is 1. The van der Waals surface area contributed by atoms with Crippen molar-refractivity contribution in [2.75, 3.05) is 19.8 Å². The molecule has 0 aliphatic carbocycles. The van der Waals surface area contributed by atoms with E-state index >= 15 is 0 Å². The van der Waals surface area contributed by atoms with Crippen LogP contribution in [-0.4, -0.2) is 50.2 Å². The maximum atomic E-state index is 13.4. The van der Waals surface area contributed by atoms with Crippen molar-refractivity contribution in [3.05, 3.63) is 58.9 Å². The summed E-state index contributed by atoms with van der Waals surface area (Å²) in [5.74, 6) is -1.07. The Balaban J connectivity index is 1.82. The van der Waals surface area contributed by atoms with Gasteiger partial charge in [0.15, 0.2) is 15.4 Å². The molecule has 2 unspecified atom stereocenters. The van der Waals surface area contributed by atoms with Crippen LogP contribution < -0.4 is 10.2 Å². The predicted octanol–water partition coefficient (Wildman–Crippen LogP) is 2.90. The van der Waals surface area contributed by atoms with Gasteiger partial charge in [-0.15, -0.1) is 0 Å². The first-order chi connectivity index (χ1) is 15.2. The number of nitrogens with one attached hydrogen (secondary N) is 1. The average molecular weight is 488 g/mol. The number of sulfone groups is 1. The van der Waals surface area contributed by atoms with E-state index in [2.05, 4.69) is 0 Å². The standard InChI is InChI=1S/C21H23ClFNO7S/c1-2-31-21(20(25)24-26)13-29-10-9-19(21)32(27,28)17-7-5-16(6-8-17)30-12-14-3-4-15(23)11-18(14)22/h3-8,11,19,26H,2,9-10,12-13H2,1H3,(H,24,25). The molecule has 11 heteroatoms. The summed E-state index contributed by atoms with van der Waals surface area (Å²) in [6.07, 6.45) is 0.0110. The topological polar surface area (TPSA) is 111 Å². The van der Waals surface area contributed by atoms with E-state index in [0.29, 0.717) is 11.3 Å². The average Bonchev–Trinajstić information content (AvgIpc) is 2.78. The highest BCUT2D eigenvalue weighted by molar-refractivity contribution is 7.92. The normalized spacial score (nSPS) is 21.2. The molecule has 3 rings (SSSR count). The number of amides is 1. The Hall–Kier alpha value is -2.24. The quantitative estimate of drug-likeness (QED) is 0.435. The first-order valence-corrected chi connectivity index (χ1v) is 11.7. The van der Waals surface area contributed by atoms with Gasteiger partial charge in [0.05, 0.1) is 16.5 Å². The van der Waals surface area contributed by atoms with Crippen LogP contribution in [0.15, 0.2) is 47.4 Å². The molecule has 1 amide bonds. The highest BCUT2D eigenvalue weighted by Crippen LogP contribution is 2.34. The van der Waals surface area contributed by atoms with Gasteiger partial charge in [-0.05, 0) is 49.7 Å². The number of carbonyl (C=O) groups is 1. The molecular weight excluding hydrogens is 465 g/mol. The summed E-state index contributed by atoms with van der Waals surface area (Å²) in [5, 5.41) is 8.14. The Labute approximate surface area is 190 Å². The molecule has 2 N–H and O–H groups in total. The second-order valence-electron chi connectivity index (χ2n) is 7.13. The molecule has 1 aliphatic heterocycles. The number of ether oxygens (including phenoxy) is 3. The second-order valence-corrected chi connectivity index (χ2v) is 9.67. The summed E-state index contributed by atoms with van der Waals surface area (Å²) < 4.78 is 56.4. The van der Waals surface area contributed by atoms with Crippen LogP contribution >= 0.6 is 11.6 Å². The van der Waals surface area contributed by atoms with E-state index < -0.39 is 32.4 Å². The molecule has 2 aromatic rings. The smallest absolute Gasteiger partial charge is 0.279 e. The van der Waals surface area contributed by atoms with E-state index in [1.165, 1.54) is 47.9 Å². The first-order valence-electron chi connectivity index (χ1n) is 9.81. The predicted molar refractivity (Wildman–Crippen MR) is 113 cm³/mol. The van der Waals surface area contributed by atoms with Gasteiger partial charge in [0, 0.05) is 18.8 Å². The zero-order chi connectivity index (χ0) is 23.4. The monoisotopic (exact) mass is 487 g/mol. The van der Waals surface area contributed by atoms with Gasteiger partial charge in [0.1, 0.15) is 23.4 Å². The highest BCUT2D eigenvalue weighted by Gasteiger charge is 2.55. The Bertz CT molecular complexity index is 1060. The van der Waals surface area contributed by atoms with Gasteiger partial charge in [0.25, 0.3) is 5.91 Å². The Morgan fingerprint density at radius 1 is 1.31 bits per heavy atom. The number of hydrogen-bond donors (Lipinski definition) is 2. The highest BCUT2D eigenvalue weighted by atomic mass is 35.5. The van der Waals surface area contributed by atoms with E-state index in [-0.39, 0.29) is 42.8 Å². The van der Waals surface area contributed by atoms with E-state index in [9.17, 15) is 22.8 Å². The zero-order valence-electron chi connectivity index (χ0n) is 17.2. The zero-order valence-corrected chi connectivity index (χ0v) is 18.8. The summed E-state index contributed by atoms with van der Waals surface area (Å²) >= 11 is 5.98. The van der Waals surface area contributed by atoms with Gasteiger partial charge in [-0.25, -0.2) is 18.3 Å². The van der Waals surface area contributed by atoms with Crippen LogP contribution in [0, 0.1) is 5.82 Å². The lowest BCUT2D eigenvalue weighted by Crippen LogP contribution is -2.63. The van der Waals surface area contributed by atoms with E-state index in [1.54, 1.807) is 6.92 Å². The van der Waals surface area contributed by atoms with Gasteiger partial charge in [0.2, 0.25) is 0 Å². The van der Waals surface area contributed by atoms with Crippen molar-refractivity contribution in [1.29, 1.82) is 0 Å². The molecule has 2 aromatic carbocycles. The molecule has 32 heavy (non-hydrogen) atoms. The maximum absolute atomic E-state index is 13.4. The van der Waals surface area contributed by atoms with Crippen molar-refractivity contribution in [2.45, 2.75) is 35.7 Å². The molecule has 0 bridgehead atoms. The van der Waals surface area contributed by atoms with Crippen molar-refractivity contribution >= 4 is 27.3 Å². The van der Waals surface area contributed by atoms with Gasteiger partial charge >= 0.3 is 0 Å². The van der Waals surface area contributed by atoms with Crippen LogP contribution in [0.1, 0.15) is 18.9 Å². The minimum absolute atomic E-state index is 0.0110. The van der Waals surface area contributed by atoms with Crippen LogP contribution in [0.5, 0.6) is 5.75 Å². The Kier molecular flexibility index (Phi) is 7.73. The fourth-order valence-corrected chi connectivity index (χ4v) is 5.82. The van der Waals surface area contributed by atoms with Crippen molar-refractivity contribution in [2.24, 2.45) is 0 Å². The van der Waals surface area contributed by atoms with Crippen molar-refractivity contribution in [3.63, 3.8) is 0 Å². The Morgan fingerprint density at radius 2 is 2.03 bits per heavy atom. The Morgan fingerprint density at radius 3 is 2.66 bits per heavy atom. The fourth-order valence-electron chi connectivity index (χ4n) is 3.60. The lowest BCUT2D eigenvalue weighted by atomic mass is 9.94. The van der Waals surface area contributed by atoms with Crippen molar-refractivity contribution in [1.82, 2.24) is 5.48 Å². The molecule has 1 saturated heterocycles. The van der Waals surface area contributed by atoms with Gasteiger partial charge < -0.3 is 14.2 Å². The summed E-state index contributed by atoms with van der Waals surface area (Å²) in [4.78, 5) is 12.4. The number of rotatable bonds is 8. The van der Waals surface area contributed by atoms with Crippen LogP contribution in [0.2, 0.25) is 5.02 Å². The lowest BCUT2D eigenvalue weighted by molar-refractivity contribution is -0.172. The number of halogens is 2. The number of benzene rings is 2. The van der Waals surface area contributed by atoms with Crippen LogP contribution in [-0.2, 0) is 30.7 Å². The molecule has 174 valence electrons. The maximum Gasteiger partial charge on any atom is 0.279 e. The minimum Gasteiger partial charge on any atom is -0.489 e. The molecule has 0 radical (unpaired) electrons. The van der Waals surface area contributed by atoms with Gasteiger partial charge in [-0.2, -0.15) is 0 Å². The summed E-state index contributed by atoms with van der Waals surface area (Å²) in [7, 11) is -4.04. The van der Waals surface area contributed by atoms with Crippen molar-refractivity contribution in [3.8, 4) is 5.75 Å². The van der Waals surface area contributed by atoms with E-state index in [4.69, 9.17) is 25.8 Å². The summed E-state index contributed by atoms with van der Waals surface area (Å²) in [6, 6.07) is 9.61. The largest absolute Gasteiger partial charge is 0.489 e. The molecule has 0 aromatic heterocycles. The van der Waals surface area contributed by atoms with Crippen LogP contribution in [0.25, 0.3) is 0 Å². The SMILES string of the molecule is CCOC1(C(=O)NO)COCCC1S(=O)(=O)c1ccc(OCc2ccc(F)cc2Cl)cc1. The second kappa shape index (κ2) is 10.1. The molecule has 2 atom stereocenters. The molecule has 0 saturated carbocycles. The van der Waals surface area contributed by atoms with Crippen molar-refractivity contribution < 1.29 is 37.0 Å². The summed E-state index contributed by atoms with van der Waals surface area (Å²) in [5.41, 5.74) is 0.193. The minimum atomic E-state index is -4.04. The van der Waals surface area contributed by atoms with Gasteiger partial charge in [-0.3, -0.25) is 10.0 Å². The third-order valence-electron chi connectivity index (χ3n) is 5.19. The molecule has 1 aliphatic rings. The molecule has 0 spiro atoms. The number of hydrogen-bond acceptors (Lipinski definition) is 7. The fraction of sp³-hybridized carbons (Fsp3) is 0.381. The molecular formula is C21H23ClFNO7S. The van der Waals surface area contributed by atoms with Gasteiger partial charge in [-0.1, -0.05) is 17.7 Å². The van der Waals surface area contributed by atoms with Crippen LogP contribution in [0.4, 0.5) is 4.39 Å². The molecule has 8 nitrogen and oxygen atoms in total. The third-order valence-corrected chi connectivity index (χ3v) is 7.83. The number of hydroxylamine groups is 1. The first kappa shape index (κ1) is 24.4. The van der Waals surface area contributed by atoms with Crippen LogP contribution in [0.3, 0.4) is 0 Å². The third kappa shape index (κ3) is 4.89. The summed E-state index contributed by atoms with van der Waals surface area (Å²) in [6.45, 7) is 1.54. The lowest BCUT2D eigenvalue weighted by Gasteiger charge is -2.40. The molecule has 1 heterocycles. The van der Waals surface area contributed by atoms with E-state index in [1.807, 2.05) is 0 Å². The molecule has 1 fully saturated rings.